The van der Waals surface area contributed by atoms with E-state index in [1.54, 1.807) is 4.90 Å². The van der Waals surface area contributed by atoms with Gasteiger partial charge in [0.15, 0.2) is 0 Å². The molecular formula is C14H22N2O5. The molecule has 2 aliphatic rings. The molecule has 2 fully saturated rings. The van der Waals surface area contributed by atoms with Gasteiger partial charge < -0.3 is 20.1 Å². The van der Waals surface area contributed by atoms with Crippen LogP contribution in [-0.2, 0) is 14.3 Å². The van der Waals surface area contributed by atoms with Gasteiger partial charge in [-0.2, -0.15) is 0 Å². The number of esters is 1. The lowest BCUT2D eigenvalue weighted by atomic mass is 9.85. The highest BCUT2D eigenvalue weighted by Crippen LogP contribution is 2.36. The summed E-state index contributed by atoms with van der Waals surface area (Å²) in [5.74, 6) is -1.35. The third-order valence-electron chi connectivity index (χ3n) is 4.47. The zero-order valence-electron chi connectivity index (χ0n) is 12.2. The fourth-order valence-electron chi connectivity index (χ4n) is 3.34. The van der Waals surface area contributed by atoms with Crippen molar-refractivity contribution in [3.63, 3.8) is 0 Å². The molecule has 0 aromatic heterocycles. The molecule has 1 aliphatic carbocycles. The number of nitrogens with one attached hydrogen (secondary N) is 1. The number of carboxylic acid groups (broad SMARTS) is 1. The SMILES string of the molecule is COC(=O)C[C@H](NC(=O)N1CCC2CCCCC21)C(=O)O. The van der Waals surface area contributed by atoms with Gasteiger partial charge in [-0.25, -0.2) is 9.59 Å². The van der Waals surface area contributed by atoms with E-state index in [0.29, 0.717) is 12.5 Å². The summed E-state index contributed by atoms with van der Waals surface area (Å²) in [5.41, 5.74) is 0. The molecule has 2 unspecified atom stereocenters. The number of carbonyl (C=O) groups excluding carboxylic acids is 2. The number of likely N-dealkylation sites (tertiary alicyclic amines) is 1. The third-order valence-corrected chi connectivity index (χ3v) is 4.47. The Balaban J connectivity index is 1.95. The summed E-state index contributed by atoms with van der Waals surface area (Å²) in [7, 11) is 1.19. The Morgan fingerprint density at radius 3 is 2.67 bits per heavy atom. The molecule has 7 nitrogen and oxygen atoms in total. The molecule has 2 rings (SSSR count). The van der Waals surface area contributed by atoms with E-state index in [-0.39, 0.29) is 18.5 Å². The number of hydrogen-bond acceptors (Lipinski definition) is 4. The lowest BCUT2D eigenvalue weighted by Gasteiger charge is -2.32. The Morgan fingerprint density at radius 2 is 2.00 bits per heavy atom. The molecule has 0 spiro atoms. The van der Waals surface area contributed by atoms with Crippen LogP contribution in [0, 0.1) is 5.92 Å². The van der Waals surface area contributed by atoms with Gasteiger partial charge in [0.05, 0.1) is 13.5 Å². The van der Waals surface area contributed by atoms with Crippen LogP contribution in [0.15, 0.2) is 0 Å². The van der Waals surface area contributed by atoms with Crippen molar-refractivity contribution in [2.75, 3.05) is 13.7 Å². The molecule has 7 heteroatoms. The average Bonchev–Trinajstić information content (AvgIpc) is 2.90. The van der Waals surface area contributed by atoms with E-state index in [1.807, 2.05) is 0 Å². The Hall–Kier alpha value is -1.79. The van der Waals surface area contributed by atoms with E-state index in [9.17, 15) is 14.4 Å². The number of carbonyl (C=O) groups is 3. The number of carboxylic acids is 1. The fourth-order valence-corrected chi connectivity index (χ4v) is 3.34. The lowest BCUT2D eigenvalue weighted by Crippen LogP contribution is -2.51. The van der Waals surface area contributed by atoms with Crippen molar-refractivity contribution < 1.29 is 24.2 Å². The first-order valence-corrected chi connectivity index (χ1v) is 7.39. The second-order valence-electron chi connectivity index (χ2n) is 5.71. The summed E-state index contributed by atoms with van der Waals surface area (Å²) in [5, 5.41) is 11.5. The number of aliphatic carboxylic acids is 1. The molecular weight excluding hydrogens is 276 g/mol. The monoisotopic (exact) mass is 298 g/mol. The molecule has 2 amide bonds. The largest absolute Gasteiger partial charge is 0.480 e. The van der Waals surface area contributed by atoms with Crippen molar-refractivity contribution in [3.05, 3.63) is 0 Å². The van der Waals surface area contributed by atoms with Crippen molar-refractivity contribution in [1.82, 2.24) is 10.2 Å². The van der Waals surface area contributed by atoms with Crippen molar-refractivity contribution in [2.24, 2.45) is 5.92 Å². The van der Waals surface area contributed by atoms with Crippen LogP contribution in [-0.4, -0.2) is 53.7 Å². The minimum Gasteiger partial charge on any atom is -0.480 e. The summed E-state index contributed by atoms with van der Waals surface area (Å²) in [6, 6.07) is -1.42. The zero-order chi connectivity index (χ0) is 15.4. The number of amides is 2. The van der Waals surface area contributed by atoms with Gasteiger partial charge >= 0.3 is 18.0 Å². The zero-order valence-corrected chi connectivity index (χ0v) is 12.2. The smallest absolute Gasteiger partial charge is 0.326 e. The molecule has 0 bridgehead atoms. The number of nitrogens with zero attached hydrogens (tertiary/aromatic N) is 1. The third kappa shape index (κ3) is 3.65. The molecule has 21 heavy (non-hydrogen) atoms. The van der Waals surface area contributed by atoms with E-state index in [1.165, 1.54) is 13.5 Å². The highest BCUT2D eigenvalue weighted by atomic mass is 16.5. The minimum atomic E-state index is -1.24. The number of ether oxygens (including phenoxy) is 1. The van der Waals surface area contributed by atoms with Gasteiger partial charge in [0.2, 0.25) is 0 Å². The predicted octanol–water partition coefficient (Wildman–Crippen LogP) is 0.977. The maximum atomic E-state index is 12.3. The number of rotatable bonds is 4. The van der Waals surface area contributed by atoms with Crippen LogP contribution in [0.4, 0.5) is 4.79 Å². The molecule has 0 aromatic carbocycles. The normalized spacial score (nSPS) is 25.9. The van der Waals surface area contributed by atoms with Crippen LogP contribution in [0.1, 0.15) is 38.5 Å². The number of hydrogen-bond donors (Lipinski definition) is 2. The van der Waals surface area contributed by atoms with Crippen molar-refractivity contribution in [2.45, 2.75) is 50.6 Å². The highest BCUT2D eigenvalue weighted by Gasteiger charge is 2.39. The topological polar surface area (TPSA) is 95.9 Å². The maximum Gasteiger partial charge on any atom is 0.326 e. The van der Waals surface area contributed by atoms with Crippen LogP contribution in [0.2, 0.25) is 0 Å². The second-order valence-corrected chi connectivity index (χ2v) is 5.71. The van der Waals surface area contributed by atoms with Gasteiger partial charge in [-0.15, -0.1) is 0 Å². The van der Waals surface area contributed by atoms with Crippen molar-refractivity contribution in [1.29, 1.82) is 0 Å². The van der Waals surface area contributed by atoms with Gasteiger partial charge in [-0.3, -0.25) is 4.79 Å². The predicted molar refractivity (Wildman–Crippen MR) is 73.7 cm³/mol. The fraction of sp³-hybridized carbons (Fsp3) is 0.786. The van der Waals surface area contributed by atoms with Crippen LogP contribution in [0.5, 0.6) is 0 Å². The summed E-state index contributed by atoms with van der Waals surface area (Å²) in [6.07, 6.45) is 5.05. The molecule has 118 valence electrons. The molecule has 1 aliphatic heterocycles. The molecule has 2 N–H and O–H groups in total. The van der Waals surface area contributed by atoms with Crippen LogP contribution in [0.3, 0.4) is 0 Å². The number of methoxy groups -OCH3 is 1. The first-order chi connectivity index (χ1) is 10.0. The summed E-state index contributed by atoms with van der Waals surface area (Å²) < 4.78 is 4.46. The molecule has 1 heterocycles. The molecule has 1 saturated heterocycles. The average molecular weight is 298 g/mol. The van der Waals surface area contributed by atoms with Crippen molar-refractivity contribution in [3.8, 4) is 0 Å². The van der Waals surface area contributed by atoms with E-state index >= 15 is 0 Å². The van der Waals surface area contributed by atoms with Gasteiger partial charge in [-0.05, 0) is 25.2 Å². The van der Waals surface area contributed by atoms with E-state index in [4.69, 9.17) is 5.11 Å². The lowest BCUT2D eigenvalue weighted by molar-refractivity contribution is -0.147. The minimum absolute atomic E-state index is 0.214. The Bertz CT molecular complexity index is 426. The second kappa shape index (κ2) is 6.78. The first-order valence-electron chi connectivity index (χ1n) is 7.39. The quantitative estimate of drug-likeness (QED) is 0.754. The highest BCUT2D eigenvalue weighted by molar-refractivity contribution is 5.86. The Kier molecular flexibility index (Phi) is 5.03. The summed E-state index contributed by atoms with van der Waals surface area (Å²) in [4.78, 5) is 36.4. The van der Waals surface area contributed by atoms with Crippen LogP contribution < -0.4 is 5.32 Å². The van der Waals surface area contributed by atoms with Crippen LogP contribution in [0.25, 0.3) is 0 Å². The molecule has 1 saturated carbocycles. The van der Waals surface area contributed by atoms with Crippen molar-refractivity contribution >= 4 is 18.0 Å². The molecule has 0 radical (unpaired) electrons. The van der Waals surface area contributed by atoms with E-state index in [0.717, 1.165) is 25.7 Å². The van der Waals surface area contributed by atoms with Gasteiger partial charge in [0.1, 0.15) is 6.04 Å². The molecule has 0 aromatic rings. The van der Waals surface area contributed by atoms with Gasteiger partial charge in [-0.1, -0.05) is 12.8 Å². The Labute approximate surface area is 123 Å². The Morgan fingerprint density at radius 1 is 1.29 bits per heavy atom. The number of urea groups is 1. The van der Waals surface area contributed by atoms with E-state index < -0.39 is 18.0 Å². The first kappa shape index (κ1) is 15.6. The summed E-state index contributed by atoms with van der Waals surface area (Å²) in [6.45, 7) is 0.658. The maximum absolute atomic E-state index is 12.3. The van der Waals surface area contributed by atoms with Crippen LogP contribution >= 0.6 is 0 Å². The number of fused-ring (bicyclic) bond motifs is 1. The standard InChI is InChI=1S/C14H22N2O5/c1-21-12(17)8-10(13(18)19)15-14(20)16-7-6-9-4-2-3-5-11(9)16/h9-11H,2-8H2,1H3,(H,15,20)(H,18,19)/t9?,10-,11?/m0/s1. The van der Waals surface area contributed by atoms with Gasteiger partial charge in [0, 0.05) is 12.6 Å². The molecule has 3 atom stereocenters. The van der Waals surface area contributed by atoms with Gasteiger partial charge in [0.25, 0.3) is 0 Å². The summed E-state index contributed by atoms with van der Waals surface area (Å²) >= 11 is 0. The van der Waals surface area contributed by atoms with E-state index in [2.05, 4.69) is 10.1 Å².